The lowest BCUT2D eigenvalue weighted by molar-refractivity contribution is 0.100. The first-order valence-corrected chi connectivity index (χ1v) is 3.36. The smallest absolute Gasteiger partial charge is 0.252 e. The molecule has 13 heavy (non-hydrogen) atoms. The number of amides is 1. The van der Waals surface area contributed by atoms with Crippen LogP contribution in [0.5, 0.6) is 0 Å². The number of rotatable bonds is 1. The molecule has 0 saturated carbocycles. The lowest BCUT2D eigenvalue weighted by atomic mass is 10.2. The van der Waals surface area contributed by atoms with Crippen molar-refractivity contribution in [3.8, 4) is 0 Å². The van der Waals surface area contributed by atoms with Crippen molar-refractivity contribution in [3.05, 3.63) is 24.3 Å². The maximum absolute atomic E-state index is 10.8. The number of nitrogens with two attached hydrogens (primary N) is 1. The third-order valence-corrected chi connectivity index (χ3v) is 1.60. The van der Waals surface area contributed by atoms with Gasteiger partial charge in [0.2, 0.25) is 0 Å². The number of carbonyl (C=O) groups excluding carboxylic acids is 1. The van der Waals surface area contributed by atoms with Gasteiger partial charge in [0.15, 0.2) is 0 Å². The van der Waals surface area contributed by atoms with Gasteiger partial charge >= 0.3 is 0 Å². The van der Waals surface area contributed by atoms with Gasteiger partial charge in [0.05, 0.1) is 23.6 Å². The number of nitrogens with zero attached hydrogens (tertiary/aromatic N) is 2. The molecule has 0 spiro atoms. The Bertz CT molecular complexity index is 439. The van der Waals surface area contributed by atoms with E-state index >= 15 is 0 Å². The number of imidazole rings is 1. The normalized spacial score (nSPS) is 9.54. The van der Waals surface area contributed by atoms with Gasteiger partial charge in [0, 0.05) is 6.20 Å². The van der Waals surface area contributed by atoms with Crippen molar-refractivity contribution >= 4 is 29.3 Å². The largest absolute Gasteiger partial charge is 0.365 e. The molecule has 2 aromatic rings. The summed E-state index contributed by atoms with van der Waals surface area (Å²) in [4.78, 5) is 21.5. The SMILES string of the molecule is Cl.NC(=O)c1cncc2[nH]cnc12. The Balaban J connectivity index is 0.000000845. The maximum atomic E-state index is 10.8. The molecule has 0 aliphatic heterocycles. The van der Waals surface area contributed by atoms with Crippen LogP contribution in [0.25, 0.3) is 11.0 Å². The van der Waals surface area contributed by atoms with Gasteiger partial charge in [-0.3, -0.25) is 9.78 Å². The highest BCUT2D eigenvalue weighted by Crippen LogP contribution is 2.11. The number of carbonyl (C=O) groups is 1. The zero-order valence-electron chi connectivity index (χ0n) is 6.52. The van der Waals surface area contributed by atoms with E-state index in [1.165, 1.54) is 12.5 Å². The molecule has 1 amide bonds. The molecule has 0 bridgehead atoms. The predicted molar refractivity (Wildman–Crippen MR) is 49.7 cm³/mol. The number of aromatic amines is 1. The lowest BCUT2D eigenvalue weighted by Gasteiger charge is -1.93. The fourth-order valence-corrected chi connectivity index (χ4v) is 1.05. The fourth-order valence-electron chi connectivity index (χ4n) is 1.05. The third kappa shape index (κ3) is 1.46. The summed E-state index contributed by atoms with van der Waals surface area (Å²) in [6, 6.07) is 0. The lowest BCUT2D eigenvalue weighted by Crippen LogP contribution is -2.11. The summed E-state index contributed by atoms with van der Waals surface area (Å²) in [6.07, 6.45) is 4.50. The van der Waals surface area contributed by atoms with Crippen molar-refractivity contribution in [1.82, 2.24) is 15.0 Å². The Morgan fingerprint density at radius 2 is 2.23 bits per heavy atom. The van der Waals surface area contributed by atoms with E-state index < -0.39 is 5.91 Å². The standard InChI is InChI=1S/C7H6N4O.ClH/c8-7(12)4-1-9-2-5-6(4)11-3-10-5;/h1-3H,(H2,8,12)(H,10,11);1H. The molecule has 0 aromatic carbocycles. The van der Waals surface area contributed by atoms with Crippen LogP contribution in [0.4, 0.5) is 0 Å². The molecule has 2 rings (SSSR count). The van der Waals surface area contributed by atoms with Crippen LogP contribution in [0.2, 0.25) is 0 Å². The molecule has 2 heterocycles. The van der Waals surface area contributed by atoms with Gasteiger partial charge in [-0.05, 0) is 0 Å². The minimum Gasteiger partial charge on any atom is -0.365 e. The van der Waals surface area contributed by atoms with E-state index in [9.17, 15) is 4.79 Å². The second kappa shape index (κ2) is 3.40. The summed E-state index contributed by atoms with van der Waals surface area (Å²) in [7, 11) is 0. The Morgan fingerprint density at radius 1 is 1.46 bits per heavy atom. The number of nitrogens with one attached hydrogen (secondary N) is 1. The van der Waals surface area contributed by atoms with Crippen molar-refractivity contribution < 1.29 is 4.79 Å². The maximum Gasteiger partial charge on any atom is 0.252 e. The summed E-state index contributed by atoms with van der Waals surface area (Å²) < 4.78 is 0. The van der Waals surface area contributed by atoms with Crippen molar-refractivity contribution in [2.45, 2.75) is 0 Å². The van der Waals surface area contributed by atoms with Crippen LogP contribution >= 0.6 is 12.4 Å². The molecule has 0 atom stereocenters. The van der Waals surface area contributed by atoms with E-state index in [0.717, 1.165) is 0 Å². The van der Waals surface area contributed by atoms with E-state index in [1.54, 1.807) is 6.20 Å². The predicted octanol–water partition coefficient (Wildman–Crippen LogP) is 0.479. The van der Waals surface area contributed by atoms with Crippen molar-refractivity contribution in [1.29, 1.82) is 0 Å². The summed E-state index contributed by atoms with van der Waals surface area (Å²) in [5.74, 6) is -0.514. The molecule has 0 aliphatic carbocycles. The summed E-state index contributed by atoms with van der Waals surface area (Å²) in [6.45, 7) is 0. The van der Waals surface area contributed by atoms with E-state index in [4.69, 9.17) is 5.73 Å². The van der Waals surface area contributed by atoms with E-state index in [2.05, 4.69) is 15.0 Å². The molecule has 6 heteroatoms. The number of aromatic nitrogens is 3. The highest BCUT2D eigenvalue weighted by Gasteiger charge is 2.07. The number of H-pyrrole nitrogens is 1. The van der Waals surface area contributed by atoms with E-state index in [1.807, 2.05) is 0 Å². The second-order valence-corrected chi connectivity index (χ2v) is 2.35. The number of pyridine rings is 1. The summed E-state index contributed by atoms with van der Waals surface area (Å²) in [5.41, 5.74) is 6.73. The molecule has 3 N–H and O–H groups in total. The van der Waals surface area contributed by atoms with Gasteiger partial charge in [-0.1, -0.05) is 0 Å². The highest BCUT2D eigenvalue weighted by molar-refractivity contribution is 6.03. The number of hydrogen-bond donors (Lipinski definition) is 2. The quantitative estimate of drug-likeness (QED) is 0.699. The number of primary amides is 1. The summed E-state index contributed by atoms with van der Waals surface area (Å²) in [5, 5.41) is 0. The Labute approximate surface area is 79.8 Å². The minimum atomic E-state index is -0.514. The Morgan fingerprint density at radius 3 is 2.92 bits per heavy atom. The molecular weight excluding hydrogens is 192 g/mol. The molecular formula is C7H7ClN4O. The van der Waals surface area contributed by atoms with E-state index in [-0.39, 0.29) is 12.4 Å². The van der Waals surface area contributed by atoms with Gasteiger partial charge in [-0.15, -0.1) is 12.4 Å². The molecule has 0 aliphatic rings. The summed E-state index contributed by atoms with van der Waals surface area (Å²) >= 11 is 0. The monoisotopic (exact) mass is 198 g/mol. The van der Waals surface area contributed by atoms with Gasteiger partial charge in [0.25, 0.3) is 5.91 Å². The number of halogens is 1. The molecule has 0 fully saturated rings. The first-order chi connectivity index (χ1) is 5.79. The van der Waals surface area contributed by atoms with Crippen LogP contribution in [0.1, 0.15) is 10.4 Å². The van der Waals surface area contributed by atoms with Crippen LogP contribution in [0, 0.1) is 0 Å². The van der Waals surface area contributed by atoms with Gasteiger partial charge in [0.1, 0.15) is 5.52 Å². The van der Waals surface area contributed by atoms with Crippen LogP contribution < -0.4 is 5.73 Å². The topological polar surface area (TPSA) is 84.7 Å². The van der Waals surface area contributed by atoms with Gasteiger partial charge in [-0.25, -0.2) is 4.98 Å². The van der Waals surface area contributed by atoms with Crippen LogP contribution in [-0.4, -0.2) is 20.9 Å². The molecule has 0 radical (unpaired) electrons. The van der Waals surface area contributed by atoms with E-state index in [0.29, 0.717) is 16.6 Å². The van der Waals surface area contributed by atoms with Gasteiger partial charge in [-0.2, -0.15) is 0 Å². The molecule has 5 nitrogen and oxygen atoms in total. The zero-order valence-corrected chi connectivity index (χ0v) is 7.34. The molecule has 0 saturated heterocycles. The van der Waals surface area contributed by atoms with Crippen LogP contribution in [0.15, 0.2) is 18.7 Å². The number of fused-ring (bicyclic) bond motifs is 1. The third-order valence-electron chi connectivity index (χ3n) is 1.60. The van der Waals surface area contributed by atoms with Crippen LogP contribution in [0.3, 0.4) is 0 Å². The van der Waals surface area contributed by atoms with Crippen molar-refractivity contribution in [2.24, 2.45) is 5.73 Å². The van der Waals surface area contributed by atoms with Gasteiger partial charge < -0.3 is 10.7 Å². The highest BCUT2D eigenvalue weighted by atomic mass is 35.5. The molecule has 68 valence electrons. The molecule has 2 aromatic heterocycles. The second-order valence-electron chi connectivity index (χ2n) is 2.35. The Kier molecular flexibility index (Phi) is 2.48. The zero-order chi connectivity index (χ0) is 8.55. The first-order valence-electron chi connectivity index (χ1n) is 3.36. The van der Waals surface area contributed by atoms with Crippen molar-refractivity contribution in [2.75, 3.05) is 0 Å². The first kappa shape index (κ1) is 9.47. The average Bonchev–Trinajstić information content (AvgIpc) is 2.49. The number of hydrogen-bond acceptors (Lipinski definition) is 3. The average molecular weight is 199 g/mol. The van der Waals surface area contributed by atoms with Crippen LogP contribution in [-0.2, 0) is 0 Å². The Hall–Kier alpha value is -1.62. The van der Waals surface area contributed by atoms with Crippen molar-refractivity contribution in [3.63, 3.8) is 0 Å². The molecule has 0 unspecified atom stereocenters. The fraction of sp³-hybridized carbons (Fsp3) is 0. The minimum absolute atomic E-state index is 0.